The second-order valence-electron chi connectivity index (χ2n) is 5.38. The number of benzene rings is 2. The van der Waals surface area contributed by atoms with E-state index in [4.69, 9.17) is 16.3 Å². The summed E-state index contributed by atoms with van der Waals surface area (Å²) in [5.41, 5.74) is 2.47. The topological polar surface area (TPSA) is 21.3 Å². The van der Waals surface area contributed by atoms with Gasteiger partial charge in [-0.25, -0.2) is 0 Å². The third-order valence-corrected chi connectivity index (χ3v) is 4.49. The van der Waals surface area contributed by atoms with Crippen molar-refractivity contribution in [3.05, 3.63) is 63.1 Å². The molecule has 0 amide bonds. The van der Waals surface area contributed by atoms with E-state index in [2.05, 4.69) is 40.3 Å². The van der Waals surface area contributed by atoms with E-state index in [0.29, 0.717) is 0 Å². The average molecular weight is 367 g/mol. The first-order valence-electron chi connectivity index (χ1n) is 7.06. The van der Waals surface area contributed by atoms with Gasteiger partial charge in [0, 0.05) is 28.5 Å². The lowest BCUT2D eigenvalue weighted by atomic mass is 10.1. The van der Waals surface area contributed by atoms with Crippen LogP contribution >= 0.6 is 27.5 Å². The van der Waals surface area contributed by atoms with Crippen LogP contribution in [0.15, 0.2) is 46.9 Å². The monoisotopic (exact) mass is 365 g/mol. The molecular weight excluding hydrogens is 350 g/mol. The second kappa shape index (κ2) is 6.39. The highest BCUT2D eigenvalue weighted by Crippen LogP contribution is 2.31. The summed E-state index contributed by atoms with van der Waals surface area (Å²) in [5.74, 6) is 1.00. The molecule has 3 rings (SSSR count). The molecule has 0 aromatic heterocycles. The smallest absolute Gasteiger partial charge is 0.123 e. The number of hydrogen-bond donors (Lipinski definition) is 1. The second-order valence-corrected chi connectivity index (χ2v) is 6.73. The molecule has 2 unspecified atom stereocenters. The minimum absolute atomic E-state index is 0.191. The predicted molar refractivity (Wildman–Crippen MR) is 90.1 cm³/mol. The van der Waals surface area contributed by atoms with Crippen molar-refractivity contribution in [2.45, 2.75) is 25.5 Å². The molecule has 0 saturated heterocycles. The molecule has 1 aliphatic rings. The van der Waals surface area contributed by atoms with Crippen LogP contribution in [0, 0.1) is 0 Å². The molecule has 2 atom stereocenters. The first-order chi connectivity index (χ1) is 10.1. The van der Waals surface area contributed by atoms with Gasteiger partial charge in [-0.15, -0.1) is 0 Å². The van der Waals surface area contributed by atoms with Gasteiger partial charge in [-0.1, -0.05) is 39.7 Å². The maximum absolute atomic E-state index is 6.03. The van der Waals surface area contributed by atoms with Crippen LogP contribution in [0.4, 0.5) is 0 Å². The fourth-order valence-corrected chi connectivity index (χ4v) is 3.21. The Morgan fingerprint density at radius 1 is 1.33 bits per heavy atom. The van der Waals surface area contributed by atoms with E-state index >= 15 is 0 Å². The van der Waals surface area contributed by atoms with Crippen molar-refractivity contribution in [1.82, 2.24) is 5.32 Å². The first kappa shape index (κ1) is 14.9. The summed E-state index contributed by atoms with van der Waals surface area (Å²) < 4.78 is 7.07. The lowest BCUT2D eigenvalue weighted by Crippen LogP contribution is -2.31. The molecule has 2 nitrogen and oxygen atoms in total. The van der Waals surface area contributed by atoms with Gasteiger partial charge in [-0.2, -0.15) is 0 Å². The quantitative estimate of drug-likeness (QED) is 0.842. The summed E-state index contributed by atoms with van der Waals surface area (Å²) in [6, 6.07) is 14.4. The molecule has 1 N–H and O–H groups in total. The maximum Gasteiger partial charge on any atom is 0.123 e. The standard InChI is InChI=1S/C17H17BrClNO/c1-11(12-3-2-4-15(19)8-12)20-10-16-9-13-7-14(18)5-6-17(13)21-16/h2-8,11,16,20H,9-10H2,1H3. The van der Waals surface area contributed by atoms with Gasteiger partial charge >= 0.3 is 0 Å². The molecule has 0 bridgehead atoms. The largest absolute Gasteiger partial charge is 0.488 e. The highest BCUT2D eigenvalue weighted by molar-refractivity contribution is 9.10. The Kier molecular flexibility index (Phi) is 4.53. The maximum atomic E-state index is 6.03. The van der Waals surface area contributed by atoms with Gasteiger partial charge in [-0.3, -0.25) is 0 Å². The normalized spacial score (nSPS) is 18.1. The van der Waals surface area contributed by atoms with Gasteiger partial charge in [0.1, 0.15) is 11.9 Å². The van der Waals surface area contributed by atoms with E-state index in [9.17, 15) is 0 Å². The van der Waals surface area contributed by atoms with E-state index < -0.39 is 0 Å². The summed E-state index contributed by atoms with van der Waals surface area (Å²) in [4.78, 5) is 0. The van der Waals surface area contributed by atoms with Crippen LogP contribution in [0.2, 0.25) is 5.02 Å². The van der Waals surface area contributed by atoms with Crippen molar-refractivity contribution in [3.8, 4) is 5.75 Å². The number of hydrogen-bond acceptors (Lipinski definition) is 2. The van der Waals surface area contributed by atoms with Crippen LogP contribution in [-0.4, -0.2) is 12.6 Å². The van der Waals surface area contributed by atoms with E-state index in [0.717, 1.165) is 28.2 Å². The fraction of sp³-hybridized carbons (Fsp3) is 0.294. The minimum Gasteiger partial charge on any atom is -0.488 e. The Morgan fingerprint density at radius 3 is 3.00 bits per heavy atom. The molecule has 0 fully saturated rings. The molecule has 2 aromatic rings. The van der Waals surface area contributed by atoms with Gasteiger partial charge in [0.25, 0.3) is 0 Å². The summed E-state index contributed by atoms with van der Waals surface area (Å²) in [6.45, 7) is 2.96. The molecule has 21 heavy (non-hydrogen) atoms. The van der Waals surface area contributed by atoms with Crippen molar-refractivity contribution in [1.29, 1.82) is 0 Å². The summed E-state index contributed by atoms with van der Waals surface area (Å²) in [7, 11) is 0. The van der Waals surface area contributed by atoms with Crippen molar-refractivity contribution in [2.75, 3.05) is 6.54 Å². The highest BCUT2D eigenvalue weighted by atomic mass is 79.9. The van der Waals surface area contributed by atoms with Crippen LogP contribution in [0.25, 0.3) is 0 Å². The van der Waals surface area contributed by atoms with Crippen LogP contribution in [0.3, 0.4) is 0 Å². The number of nitrogens with one attached hydrogen (secondary N) is 1. The minimum atomic E-state index is 0.191. The van der Waals surface area contributed by atoms with Crippen LogP contribution < -0.4 is 10.1 Å². The lowest BCUT2D eigenvalue weighted by Gasteiger charge is -2.18. The van der Waals surface area contributed by atoms with E-state index in [1.54, 1.807) is 0 Å². The van der Waals surface area contributed by atoms with E-state index in [1.165, 1.54) is 11.1 Å². The number of rotatable bonds is 4. The molecule has 1 aliphatic heterocycles. The van der Waals surface area contributed by atoms with Gasteiger partial charge in [0.05, 0.1) is 0 Å². The summed E-state index contributed by atoms with van der Waals surface area (Å²) >= 11 is 9.54. The summed E-state index contributed by atoms with van der Waals surface area (Å²) in [6.07, 6.45) is 1.14. The van der Waals surface area contributed by atoms with Crippen molar-refractivity contribution < 1.29 is 4.74 Å². The highest BCUT2D eigenvalue weighted by Gasteiger charge is 2.23. The molecule has 2 aromatic carbocycles. The van der Waals surface area contributed by atoms with Crippen LogP contribution in [0.1, 0.15) is 24.1 Å². The van der Waals surface area contributed by atoms with Crippen molar-refractivity contribution in [2.24, 2.45) is 0 Å². The van der Waals surface area contributed by atoms with Gasteiger partial charge in [-0.05, 0) is 48.4 Å². The fourth-order valence-electron chi connectivity index (χ4n) is 2.60. The zero-order chi connectivity index (χ0) is 14.8. The van der Waals surface area contributed by atoms with Crippen molar-refractivity contribution >= 4 is 27.5 Å². The Balaban J connectivity index is 1.57. The lowest BCUT2D eigenvalue weighted by molar-refractivity contribution is 0.222. The van der Waals surface area contributed by atoms with Gasteiger partial charge < -0.3 is 10.1 Å². The molecule has 110 valence electrons. The molecule has 0 spiro atoms. The predicted octanol–water partition coefficient (Wildman–Crippen LogP) is 4.76. The van der Waals surface area contributed by atoms with E-state index in [1.807, 2.05) is 30.3 Å². The molecule has 4 heteroatoms. The molecule has 1 heterocycles. The Bertz CT molecular complexity index is 646. The van der Waals surface area contributed by atoms with Crippen LogP contribution in [-0.2, 0) is 6.42 Å². The Labute approximate surface area is 138 Å². The van der Waals surface area contributed by atoms with E-state index in [-0.39, 0.29) is 12.1 Å². The number of halogens is 2. The number of fused-ring (bicyclic) bond motifs is 1. The first-order valence-corrected chi connectivity index (χ1v) is 8.23. The molecule has 0 radical (unpaired) electrons. The van der Waals surface area contributed by atoms with Gasteiger partial charge in [0.2, 0.25) is 0 Å². The molecule has 0 aliphatic carbocycles. The molecular formula is C17H17BrClNO. The number of ether oxygens (including phenoxy) is 1. The average Bonchev–Trinajstić information content (AvgIpc) is 2.86. The summed E-state index contributed by atoms with van der Waals surface area (Å²) in [5, 5.41) is 4.30. The zero-order valence-corrected chi connectivity index (χ0v) is 14.1. The SMILES string of the molecule is CC(NCC1Cc2cc(Br)ccc2O1)c1cccc(Cl)c1. The Morgan fingerprint density at radius 2 is 2.19 bits per heavy atom. The Hall–Kier alpha value is -1.03. The van der Waals surface area contributed by atoms with Gasteiger partial charge in [0.15, 0.2) is 0 Å². The molecule has 0 saturated carbocycles. The third kappa shape index (κ3) is 3.60. The third-order valence-electron chi connectivity index (χ3n) is 3.76. The zero-order valence-electron chi connectivity index (χ0n) is 11.8. The van der Waals surface area contributed by atoms with Crippen molar-refractivity contribution in [3.63, 3.8) is 0 Å². The van der Waals surface area contributed by atoms with Crippen LogP contribution in [0.5, 0.6) is 5.75 Å².